The van der Waals surface area contributed by atoms with Gasteiger partial charge in [0.2, 0.25) is 23.0 Å². The largest absolute Gasteiger partial charge is 0.493 e. The van der Waals surface area contributed by atoms with Crippen LogP contribution in [0.25, 0.3) is 22.0 Å². The highest BCUT2D eigenvalue weighted by atomic mass is 16.5. The predicted octanol–water partition coefficient (Wildman–Crippen LogP) is 3.96. The summed E-state index contributed by atoms with van der Waals surface area (Å²) in [7, 11) is 4.56. The van der Waals surface area contributed by atoms with Crippen LogP contribution in [0.5, 0.6) is 17.2 Å². The molecule has 246 valence electrons. The maximum absolute atomic E-state index is 13.7. The summed E-state index contributed by atoms with van der Waals surface area (Å²) in [5.41, 5.74) is 4.11. The summed E-state index contributed by atoms with van der Waals surface area (Å²) in [4.78, 5) is 54.4. The number of rotatable bonds is 11. The van der Waals surface area contributed by atoms with Crippen LogP contribution in [0, 0.1) is 0 Å². The number of benzene rings is 2. The third-order valence-corrected chi connectivity index (χ3v) is 8.39. The first-order chi connectivity index (χ1) is 22.6. The topological polar surface area (TPSA) is 168 Å². The molecule has 1 heterocycles. The summed E-state index contributed by atoms with van der Waals surface area (Å²) in [5, 5.41) is 19.3. The lowest BCUT2D eigenvalue weighted by Crippen LogP contribution is -2.48. The van der Waals surface area contributed by atoms with Crippen molar-refractivity contribution >= 4 is 34.4 Å². The summed E-state index contributed by atoms with van der Waals surface area (Å²) in [6.45, 7) is 2.97. The summed E-state index contributed by atoms with van der Waals surface area (Å²) in [6, 6.07) is 11.5. The highest BCUT2D eigenvalue weighted by Gasteiger charge is 2.30. The fourth-order valence-electron chi connectivity index (χ4n) is 6.14. The van der Waals surface area contributed by atoms with Gasteiger partial charge in [0, 0.05) is 36.0 Å². The number of hydrogen-bond acceptors (Lipinski definition) is 8. The molecule has 0 saturated heterocycles. The van der Waals surface area contributed by atoms with Gasteiger partial charge in [-0.2, -0.15) is 0 Å². The second-order valence-electron chi connectivity index (χ2n) is 11.4. The summed E-state index contributed by atoms with van der Waals surface area (Å²) in [5.74, 6) is -0.738. The van der Waals surface area contributed by atoms with Crippen LogP contribution < -0.4 is 35.6 Å². The Kier molecular flexibility index (Phi) is 9.69. The van der Waals surface area contributed by atoms with Gasteiger partial charge in [-0.05, 0) is 66.3 Å². The van der Waals surface area contributed by atoms with Crippen LogP contribution in [0.3, 0.4) is 0 Å². The Bertz CT molecular complexity index is 1900. The molecule has 4 aromatic rings. The fourth-order valence-corrected chi connectivity index (χ4v) is 6.14. The van der Waals surface area contributed by atoms with Gasteiger partial charge in [-0.25, -0.2) is 4.79 Å². The van der Waals surface area contributed by atoms with Crippen molar-refractivity contribution in [1.82, 2.24) is 15.6 Å². The molecule has 1 aliphatic carbocycles. The molecule has 0 spiro atoms. The van der Waals surface area contributed by atoms with Crippen LogP contribution in [0.1, 0.15) is 43.0 Å². The van der Waals surface area contributed by atoms with Gasteiger partial charge in [-0.1, -0.05) is 24.3 Å². The number of hydrogen-bond donors (Lipinski definition) is 5. The fraction of sp³-hybridized carbons (Fsp3) is 0.314. The number of amides is 2. The number of carbonyl (C=O) groups is 3. The zero-order valence-electron chi connectivity index (χ0n) is 26.9. The van der Waals surface area contributed by atoms with Gasteiger partial charge in [0.25, 0.3) is 0 Å². The van der Waals surface area contributed by atoms with Crippen molar-refractivity contribution in [1.29, 1.82) is 0 Å². The van der Waals surface area contributed by atoms with E-state index in [1.54, 1.807) is 25.3 Å². The van der Waals surface area contributed by atoms with Gasteiger partial charge >= 0.3 is 5.97 Å². The molecule has 12 nitrogen and oxygen atoms in total. The van der Waals surface area contributed by atoms with Gasteiger partial charge in [0.15, 0.2) is 11.5 Å². The first-order valence-electron chi connectivity index (χ1n) is 15.2. The molecular formula is C35H38N4O8. The molecule has 0 bridgehead atoms. The van der Waals surface area contributed by atoms with Crippen molar-refractivity contribution in [3.63, 3.8) is 0 Å². The Morgan fingerprint density at radius 1 is 1.02 bits per heavy atom. The zero-order valence-corrected chi connectivity index (χ0v) is 26.9. The van der Waals surface area contributed by atoms with E-state index in [0.29, 0.717) is 46.8 Å². The van der Waals surface area contributed by atoms with Crippen molar-refractivity contribution < 1.29 is 33.7 Å². The number of carboxylic acid groups (broad SMARTS) is 1. The third-order valence-electron chi connectivity index (χ3n) is 8.39. The zero-order chi connectivity index (χ0) is 33.8. The lowest BCUT2D eigenvalue weighted by atomic mass is 9.95. The number of aromatic nitrogens is 1. The Morgan fingerprint density at radius 2 is 1.77 bits per heavy atom. The van der Waals surface area contributed by atoms with E-state index in [1.165, 1.54) is 34.3 Å². The molecule has 0 fully saturated rings. The molecule has 0 radical (unpaired) electrons. The highest BCUT2D eigenvalue weighted by molar-refractivity contribution is 5.90. The highest BCUT2D eigenvalue weighted by Crippen LogP contribution is 2.50. The van der Waals surface area contributed by atoms with Crippen molar-refractivity contribution in [2.24, 2.45) is 0 Å². The quantitative estimate of drug-likeness (QED) is 0.163. The second kappa shape index (κ2) is 13.9. The number of para-hydroxylation sites is 1. The maximum atomic E-state index is 13.7. The first kappa shape index (κ1) is 32.9. The Morgan fingerprint density at radius 3 is 2.45 bits per heavy atom. The number of H-pyrrole nitrogens is 1. The molecule has 47 heavy (non-hydrogen) atoms. The number of fused-ring (bicyclic) bond motifs is 4. The SMILES string of the molecule is COc1cc2c(c(OC)c1OC)-c1ccc(N[C@@H](C)C(=O)N[C@@H](Cc3c[nH]c4ccccc34)C(=O)O)c(=O)cc1[C@@H](NC(C)=O)CC2. The molecule has 1 aliphatic rings. The van der Waals surface area contributed by atoms with Crippen LogP contribution >= 0.6 is 0 Å². The molecule has 3 aromatic carbocycles. The summed E-state index contributed by atoms with van der Waals surface area (Å²) >= 11 is 0. The minimum Gasteiger partial charge on any atom is -0.493 e. The number of ether oxygens (including phenoxy) is 3. The third kappa shape index (κ3) is 6.71. The standard InChI is InChI=1S/C35H38N4O8/c1-18(34(42)39-28(35(43)44)14-21-17-36-25-9-7-6-8-22(21)25)37-27-13-11-23-24(16-29(27)41)26(38-19(2)40)12-10-20-15-30(45-3)32(46-4)33(47-5)31(20)23/h6-9,11,13,15-18,26,28,36H,10,12,14H2,1-5H3,(H,37,41)(H,38,40)(H,39,42)(H,43,44)/t18-,26-,28-/m0/s1. The summed E-state index contributed by atoms with van der Waals surface area (Å²) < 4.78 is 17.0. The first-order valence-corrected chi connectivity index (χ1v) is 15.2. The molecule has 0 aliphatic heterocycles. The number of carboxylic acids is 1. The van der Waals surface area contributed by atoms with Crippen molar-refractivity contribution in [3.05, 3.63) is 81.6 Å². The van der Waals surface area contributed by atoms with Crippen LogP contribution in [0.2, 0.25) is 0 Å². The van der Waals surface area contributed by atoms with E-state index in [0.717, 1.165) is 22.0 Å². The number of aliphatic carboxylic acids is 1. The monoisotopic (exact) mass is 642 g/mol. The Hall–Kier alpha value is -5.52. The van der Waals surface area contributed by atoms with Gasteiger partial charge in [-0.15, -0.1) is 0 Å². The Labute approximate surface area is 271 Å². The molecule has 1 aromatic heterocycles. The number of aryl methyl sites for hydroxylation is 1. The molecular weight excluding hydrogens is 604 g/mol. The van der Waals surface area contributed by atoms with Crippen molar-refractivity contribution in [2.75, 3.05) is 26.6 Å². The molecule has 0 unspecified atom stereocenters. The van der Waals surface area contributed by atoms with E-state index in [4.69, 9.17) is 14.2 Å². The van der Waals surface area contributed by atoms with E-state index >= 15 is 0 Å². The van der Waals surface area contributed by atoms with Crippen LogP contribution in [0.15, 0.2) is 59.5 Å². The van der Waals surface area contributed by atoms with E-state index in [2.05, 4.69) is 20.9 Å². The van der Waals surface area contributed by atoms with Crippen molar-refractivity contribution in [3.8, 4) is 28.4 Å². The van der Waals surface area contributed by atoms with Crippen molar-refractivity contribution in [2.45, 2.75) is 51.2 Å². The van der Waals surface area contributed by atoms with Gasteiger partial charge in [-0.3, -0.25) is 14.4 Å². The minimum absolute atomic E-state index is 0.0671. The normalized spacial score (nSPS) is 14.9. The van der Waals surface area contributed by atoms with Gasteiger partial charge in [0.05, 0.1) is 33.1 Å². The van der Waals surface area contributed by atoms with E-state index < -0.39 is 35.4 Å². The molecule has 3 atom stereocenters. The van der Waals surface area contributed by atoms with E-state index in [1.807, 2.05) is 30.3 Å². The predicted molar refractivity (Wildman–Crippen MR) is 177 cm³/mol. The molecule has 5 N–H and O–H groups in total. The number of nitrogens with one attached hydrogen (secondary N) is 4. The van der Waals surface area contributed by atoms with Crippen LogP contribution in [-0.4, -0.2) is 61.3 Å². The molecule has 0 saturated carbocycles. The smallest absolute Gasteiger partial charge is 0.326 e. The maximum Gasteiger partial charge on any atom is 0.326 e. The lowest BCUT2D eigenvalue weighted by Gasteiger charge is -2.19. The van der Waals surface area contributed by atoms with Gasteiger partial charge in [0.1, 0.15) is 12.1 Å². The summed E-state index contributed by atoms with van der Waals surface area (Å²) in [6.07, 6.45) is 2.85. The number of aromatic amines is 1. The molecule has 5 rings (SSSR count). The Balaban J connectivity index is 1.48. The minimum atomic E-state index is -1.20. The van der Waals surface area contributed by atoms with E-state index in [9.17, 15) is 24.3 Å². The van der Waals surface area contributed by atoms with Gasteiger partial charge < -0.3 is 40.3 Å². The second-order valence-corrected chi connectivity index (χ2v) is 11.4. The van der Waals surface area contributed by atoms with Crippen LogP contribution in [-0.2, 0) is 27.2 Å². The van der Waals surface area contributed by atoms with E-state index in [-0.39, 0.29) is 18.0 Å². The average molecular weight is 643 g/mol. The lowest BCUT2D eigenvalue weighted by molar-refractivity contribution is -0.141. The number of methoxy groups -OCH3 is 3. The molecule has 2 amide bonds. The molecule has 12 heteroatoms. The average Bonchev–Trinajstić information content (AvgIpc) is 3.32. The number of anilines is 1. The van der Waals surface area contributed by atoms with Crippen LogP contribution in [0.4, 0.5) is 5.69 Å². The number of carbonyl (C=O) groups excluding carboxylic acids is 2.